The molecule has 0 aliphatic rings. The molecule has 0 fully saturated rings. The van der Waals surface area contributed by atoms with Crippen molar-refractivity contribution in [2.45, 2.75) is 12.8 Å². The van der Waals surface area contributed by atoms with Gasteiger partial charge in [-0.3, -0.25) is 4.98 Å². The monoisotopic (exact) mass is 150 g/mol. The summed E-state index contributed by atoms with van der Waals surface area (Å²) < 4.78 is 0. The summed E-state index contributed by atoms with van der Waals surface area (Å²) in [6, 6.07) is 5.16. The van der Waals surface area contributed by atoms with Gasteiger partial charge in [0.25, 0.3) is 0 Å². The molecule has 1 aromatic heterocycles. The van der Waals surface area contributed by atoms with Crippen LogP contribution in [0.4, 0.5) is 0 Å². The lowest BCUT2D eigenvalue weighted by atomic mass is 10.1. The molecule has 0 aliphatic carbocycles. The van der Waals surface area contributed by atoms with Crippen LogP contribution in [0, 0.1) is 0 Å². The minimum Gasteiger partial charge on any atom is -0.549 e. The first-order valence-electron chi connectivity index (χ1n) is 3.33. The number of nitrogens with zero attached hydrogens (tertiary/aromatic N) is 1. The van der Waals surface area contributed by atoms with Gasteiger partial charge in [0.1, 0.15) is 0 Å². The lowest BCUT2D eigenvalue weighted by Gasteiger charge is -2.10. The summed E-state index contributed by atoms with van der Waals surface area (Å²) in [4.78, 5) is 14.2. The zero-order chi connectivity index (χ0) is 8.27. The maximum atomic E-state index is 10.3. The molecule has 11 heavy (non-hydrogen) atoms. The summed E-state index contributed by atoms with van der Waals surface area (Å²) in [6.45, 7) is 1.55. The number of rotatable bonds is 2. The van der Waals surface area contributed by atoms with Gasteiger partial charge in [0.05, 0.1) is 5.97 Å². The van der Waals surface area contributed by atoms with Crippen molar-refractivity contribution in [1.82, 2.24) is 4.98 Å². The number of aliphatic carboxylic acids is 1. The van der Waals surface area contributed by atoms with E-state index >= 15 is 0 Å². The van der Waals surface area contributed by atoms with Crippen LogP contribution in [-0.2, 0) is 4.79 Å². The zero-order valence-electron chi connectivity index (χ0n) is 6.15. The fraction of sp³-hybridized carbons (Fsp3) is 0.250. The molecule has 0 bridgehead atoms. The predicted octanol–water partition coefficient (Wildman–Crippen LogP) is -0.0650. The van der Waals surface area contributed by atoms with E-state index in [1.807, 2.05) is 0 Å². The van der Waals surface area contributed by atoms with Crippen molar-refractivity contribution in [3.8, 4) is 0 Å². The van der Waals surface area contributed by atoms with Gasteiger partial charge in [-0.2, -0.15) is 0 Å². The number of hydrogen-bond acceptors (Lipinski definition) is 3. The van der Waals surface area contributed by atoms with E-state index in [1.165, 1.54) is 0 Å². The van der Waals surface area contributed by atoms with Crippen molar-refractivity contribution in [1.29, 1.82) is 0 Å². The maximum absolute atomic E-state index is 10.3. The molecule has 0 aromatic carbocycles. The first-order chi connectivity index (χ1) is 5.22. The smallest absolute Gasteiger partial charge is 0.0502 e. The van der Waals surface area contributed by atoms with E-state index in [-0.39, 0.29) is 0 Å². The van der Waals surface area contributed by atoms with Gasteiger partial charge >= 0.3 is 0 Å². The average Bonchev–Trinajstić information content (AvgIpc) is 2.05. The summed E-state index contributed by atoms with van der Waals surface area (Å²) in [6.07, 6.45) is 1.56. The SMILES string of the molecule is C[C@H](C(=O)[O-])c1ccccn1. The highest BCUT2D eigenvalue weighted by Crippen LogP contribution is 2.09. The van der Waals surface area contributed by atoms with E-state index in [0.29, 0.717) is 5.69 Å². The summed E-state index contributed by atoms with van der Waals surface area (Å²) in [5.74, 6) is -1.72. The van der Waals surface area contributed by atoms with Crippen LogP contribution in [0.25, 0.3) is 0 Å². The Balaban J connectivity index is 2.85. The van der Waals surface area contributed by atoms with Crippen LogP contribution >= 0.6 is 0 Å². The summed E-state index contributed by atoms with van der Waals surface area (Å²) in [5, 5.41) is 10.3. The van der Waals surface area contributed by atoms with Gasteiger partial charge in [0, 0.05) is 17.8 Å². The minimum atomic E-state index is -1.09. The molecule has 1 atom stereocenters. The highest BCUT2D eigenvalue weighted by atomic mass is 16.4. The fourth-order valence-corrected chi connectivity index (χ4v) is 0.753. The summed E-state index contributed by atoms with van der Waals surface area (Å²) >= 11 is 0. The maximum Gasteiger partial charge on any atom is 0.0502 e. The molecule has 58 valence electrons. The van der Waals surface area contributed by atoms with E-state index in [1.54, 1.807) is 31.3 Å². The average molecular weight is 150 g/mol. The van der Waals surface area contributed by atoms with E-state index in [2.05, 4.69) is 4.98 Å². The molecule has 0 radical (unpaired) electrons. The molecule has 3 nitrogen and oxygen atoms in total. The minimum absolute atomic E-state index is 0.535. The molecular weight excluding hydrogens is 142 g/mol. The predicted molar refractivity (Wildman–Crippen MR) is 37.7 cm³/mol. The molecular formula is C8H8NO2-. The molecule has 0 saturated carbocycles. The van der Waals surface area contributed by atoms with Crippen molar-refractivity contribution >= 4 is 5.97 Å². The first-order valence-corrected chi connectivity index (χ1v) is 3.33. The Kier molecular flexibility index (Phi) is 2.21. The van der Waals surface area contributed by atoms with E-state index < -0.39 is 11.9 Å². The third-order valence-corrected chi connectivity index (χ3v) is 1.48. The molecule has 0 amide bonds. The summed E-state index contributed by atoms with van der Waals surface area (Å²) in [5.41, 5.74) is 0.535. The van der Waals surface area contributed by atoms with Gasteiger partial charge in [0.15, 0.2) is 0 Å². The molecule has 0 N–H and O–H groups in total. The summed E-state index contributed by atoms with van der Waals surface area (Å²) in [7, 11) is 0. The molecule has 0 spiro atoms. The third kappa shape index (κ3) is 1.77. The highest BCUT2D eigenvalue weighted by molar-refractivity contribution is 5.72. The zero-order valence-corrected chi connectivity index (χ0v) is 6.15. The third-order valence-electron chi connectivity index (χ3n) is 1.48. The molecule has 0 aliphatic heterocycles. The number of pyridine rings is 1. The number of hydrogen-bond donors (Lipinski definition) is 0. The van der Waals surface area contributed by atoms with Crippen LogP contribution in [0.5, 0.6) is 0 Å². The van der Waals surface area contributed by atoms with Crippen LogP contribution in [0.2, 0.25) is 0 Å². The van der Waals surface area contributed by atoms with E-state index in [9.17, 15) is 9.90 Å². The van der Waals surface area contributed by atoms with Crippen LogP contribution in [0.15, 0.2) is 24.4 Å². The second-order valence-electron chi connectivity index (χ2n) is 2.30. The largest absolute Gasteiger partial charge is 0.549 e. The Morgan fingerprint density at radius 3 is 2.82 bits per heavy atom. The van der Waals surface area contributed by atoms with E-state index in [0.717, 1.165) is 0 Å². The molecule has 0 saturated heterocycles. The van der Waals surface area contributed by atoms with Crippen LogP contribution in [-0.4, -0.2) is 11.0 Å². The van der Waals surface area contributed by atoms with Crippen molar-refractivity contribution < 1.29 is 9.90 Å². The first kappa shape index (κ1) is 7.72. The van der Waals surface area contributed by atoms with Crippen molar-refractivity contribution in [3.63, 3.8) is 0 Å². The number of carbonyl (C=O) groups is 1. The number of carbonyl (C=O) groups excluding carboxylic acids is 1. The normalized spacial score (nSPS) is 12.5. The molecule has 1 rings (SSSR count). The number of aromatic nitrogens is 1. The number of carboxylic acids is 1. The topological polar surface area (TPSA) is 53.0 Å². The molecule has 3 heteroatoms. The van der Waals surface area contributed by atoms with Gasteiger partial charge in [-0.1, -0.05) is 13.0 Å². The van der Waals surface area contributed by atoms with E-state index in [4.69, 9.17) is 0 Å². The molecule has 0 unspecified atom stereocenters. The Morgan fingerprint density at radius 1 is 1.64 bits per heavy atom. The Bertz CT molecular complexity index is 246. The van der Waals surface area contributed by atoms with Crippen LogP contribution in [0.1, 0.15) is 18.5 Å². The van der Waals surface area contributed by atoms with Gasteiger partial charge in [0.2, 0.25) is 0 Å². The van der Waals surface area contributed by atoms with Gasteiger partial charge in [-0.05, 0) is 12.1 Å². The van der Waals surface area contributed by atoms with Gasteiger partial charge in [-0.25, -0.2) is 0 Å². The van der Waals surface area contributed by atoms with Crippen molar-refractivity contribution in [2.75, 3.05) is 0 Å². The van der Waals surface area contributed by atoms with Crippen molar-refractivity contribution in [2.24, 2.45) is 0 Å². The Hall–Kier alpha value is -1.38. The second-order valence-corrected chi connectivity index (χ2v) is 2.30. The standard InChI is InChI=1S/C8H9NO2/c1-6(8(10)11)7-4-2-3-5-9-7/h2-6H,1H3,(H,10,11)/p-1/t6-/m0/s1. The fourth-order valence-electron chi connectivity index (χ4n) is 0.753. The Labute approximate surface area is 64.7 Å². The van der Waals surface area contributed by atoms with Gasteiger partial charge < -0.3 is 9.90 Å². The molecule has 1 heterocycles. The lowest BCUT2D eigenvalue weighted by Crippen LogP contribution is -2.28. The van der Waals surface area contributed by atoms with Gasteiger partial charge in [-0.15, -0.1) is 0 Å². The highest BCUT2D eigenvalue weighted by Gasteiger charge is 2.05. The van der Waals surface area contributed by atoms with Crippen LogP contribution in [0.3, 0.4) is 0 Å². The van der Waals surface area contributed by atoms with Crippen LogP contribution < -0.4 is 5.11 Å². The Morgan fingerprint density at radius 2 is 2.36 bits per heavy atom. The second kappa shape index (κ2) is 3.14. The van der Waals surface area contributed by atoms with Crippen molar-refractivity contribution in [3.05, 3.63) is 30.1 Å². The molecule has 1 aromatic rings. The lowest BCUT2D eigenvalue weighted by molar-refractivity contribution is -0.307. The quantitative estimate of drug-likeness (QED) is 0.593. The number of carboxylic acid groups (broad SMARTS) is 1.